The summed E-state index contributed by atoms with van der Waals surface area (Å²) in [6.45, 7) is 0.0780. The first kappa shape index (κ1) is 18.2. The molecule has 0 aliphatic rings. The Labute approximate surface area is 148 Å². The lowest BCUT2D eigenvalue weighted by molar-refractivity contribution is 0.379. The van der Waals surface area contributed by atoms with E-state index in [9.17, 15) is 17.2 Å². The Bertz CT molecular complexity index is 971. The van der Waals surface area contributed by atoms with Gasteiger partial charge in [0.25, 0.3) is 0 Å². The van der Waals surface area contributed by atoms with Crippen LogP contribution in [-0.2, 0) is 22.2 Å². The average molecular weight is 379 g/mol. The van der Waals surface area contributed by atoms with E-state index in [1.807, 2.05) is 0 Å². The number of halogens is 2. The Balaban J connectivity index is 1.54. The van der Waals surface area contributed by atoms with E-state index in [4.69, 9.17) is 4.52 Å². The number of hydrogen-bond donors (Lipinski definition) is 1. The van der Waals surface area contributed by atoms with Crippen molar-refractivity contribution in [2.45, 2.75) is 12.2 Å². The molecule has 3 aromatic rings. The molecule has 0 spiro atoms. The third kappa shape index (κ3) is 4.93. The molecule has 9 heteroatoms. The fourth-order valence-corrected chi connectivity index (χ4v) is 3.38. The lowest BCUT2D eigenvalue weighted by atomic mass is 10.2. The molecule has 136 valence electrons. The number of benzene rings is 2. The van der Waals surface area contributed by atoms with E-state index >= 15 is 0 Å². The minimum absolute atomic E-state index is 0.0780. The first-order valence-corrected chi connectivity index (χ1v) is 9.37. The van der Waals surface area contributed by atoms with Crippen molar-refractivity contribution in [3.05, 3.63) is 71.6 Å². The normalized spacial score (nSPS) is 11.6. The SMILES string of the molecule is O=S(=O)(Cc1ccc(F)cc1)NCCc1nc(-c2ccc(F)cc2)no1. The number of nitrogens with zero attached hydrogens (tertiary/aromatic N) is 2. The van der Waals surface area contributed by atoms with Crippen molar-refractivity contribution >= 4 is 10.0 Å². The van der Waals surface area contributed by atoms with E-state index in [1.165, 1.54) is 48.5 Å². The number of nitrogens with one attached hydrogen (secondary N) is 1. The summed E-state index contributed by atoms with van der Waals surface area (Å²) in [4.78, 5) is 4.15. The highest BCUT2D eigenvalue weighted by Crippen LogP contribution is 2.16. The molecule has 0 saturated heterocycles. The Kier molecular flexibility index (Phi) is 5.38. The van der Waals surface area contributed by atoms with Crippen molar-refractivity contribution in [3.63, 3.8) is 0 Å². The van der Waals surface area contributed by atoms with Crippen LogP contribution in [0.25, 0.3) is 11.4 Å². The molecule has 0 amide bonds. The Hall–Kier alpha value is -2.65. The van der Waals surface area contributed by atoms with Gasteiger partial charge in [-0.15, -0.1) is 0 Å². The fourth-order valence-electron chi connectivity index (χ4n) is 2.24. The number of hydrogen-bond acceptors (Lipinski definition) is 5. The molecule has 0 aliphatic carbocycles. The van der Waals surface area contributed by atoms with Crippen LogP contribution in [0.5, 0.6) is 0 Å². The smallest absolute Gasteiger partial charge is 0.228 e. The van der Waals surface area contributed by atoms with Crippen LogP contribution in [-0.4, -0.2) is 25.1 Å². The van der Waals surface area contributed by atoms with Crippen molar-refractivity contribution < 1.29 is 21.7 Å². The standard InChI is InChI=1S/C17H15F2N3O3S/c18-14-5-1-12(2-6-14)11-26(23,24)20-10-9-16-21-17(22-25-16)13-3-7-15(19)8-4-13/h1-8,20H,9-11H2. The van der Waals surface area contributed by atoms with Crippen LogP contribution >= 0.6 is 0 Å². The fraction of sp³-hybridized carbons (Fsp3) is 0.176. The van der Waals surface area contributed by atoms with E-state index in [2.05, 4.69) is 14.9 Å². The van der Waals surface area contributed by atoms with E-state index in [1.54, 1.807) is 0 Å². The molecule has 1 heterocycles. The first-order chi connectivity index (χ1) is 12.4. The summed E-state index contributed by atoms with van der Waals surface area (Å²) < 4.78 is 57.3. The van der Waals surface area contributed by atoms with Crippen molar-refractivity contribution in [3.8, 4) is 11.4 Å². The zero-order valence-corrected chi connectivity index (χ0v) is 14.3. The van der Waals surface area contributed by atoms with Crippen LogP contribution < -0.4 is 4.72 Å². The van der Waals surface area contributed by atoms with E-state index in [-0.39, 0.29) is 30.4 Å². The predicted octanol–water partition coefficient (Wildman–Crippen LogP) is 2.68. The molecule has 0 atom stereocenters. The quantitative estimate of drug-likeness (QED) is 0.682. The van der Waals surface area contributed by atoms with Gasteiger partial charge in [-0.25, -0.2) is 21.9 Å². The summed E-state index contributed by atoms with van der Waals surface area (Å²) >= 11 is 0. The lowest BCUT2D eigenvalue weighted by Gasteiger charge is -2.05. The van der Waals surface area contributed by atoms with Crippen molar-refractivity contribution in [2.24, 2.45) is 0 Å². The summed E-state index contributed by atoms with van der Waals surface area (Å²) in [7, 11) is -3.57. The van der Waals surface area contributed by atoms with Gasteiger partial charge in [0, 0.05) is 18.5 Å². The third-order valence-corrected chi connectivity index (χ3v) is 4.86. The van der Waals surface area contributed by atoms with Crippen LogP contribution in [0.3, 0.4) is 0 Å². The first-order valence-electron chi connectivity index (χ1n) is 7.72. The molecule has 2 aromatic carbocycles. The maximum absolute atomic E-state index is 12.9. The second-order valence-electron chi connectivity index (χ2n) is 5.55. The molecule has 1 N–H and O–H groups in total. The van der Waals surface area contributed by atoms with Gasteiger partial charge < -0.3 is 4.52 Å². The van der Waals surface area contributed by atoms with Gasteiger partial charge in [0.1, 0.15) is 11.6 Å². The maximum Gasteiger partial charge on any atom is 0.228 e. The molecule has 0 saturated carbocycles. The molecule has 26 heavy (non-hydrogen) atoms. The summed E-state index contributed by atoms with van der Waals surface area (Å²) in [5.74, 6) is -0.485. The van der Waals surface area contributed by atoms with E-state index < -0.39 is 15.8 Å². The minimum Gasteiger partial charge on any atom is -0.339 e. The van der Waals surface area contributed by atoms with Crippen LogP contribution in [0.4, 0.5) is 8.78 Å². The Morgan fingerprint density at radius 1 is 0.962 bits per heavy atom. The molecule has 0 aliphatic heterocycles. The van der Waals surface area contributed by atoms with Crippen molar-refractivity contribution in [1.82, 2.24) is 14.9 Å². The largest absolute Gasteiger partial charge is 0.339 e. The van der Waals surface area contributed by atoms with Crippen LogP contribution in [0, 0.1) is 11.6 Å². The molecule has 3 rings (SSSR count). The van der Waals surface area contributed by atoms with Crippen molar-refractivity contribution in [2.75, 3.05) is 6.54 Å². The highest BCUT2D eigenvalue weighted by atomic mass is 32.2. The maximum atomic E-state index is 12.9. The lowest BCUT2D eigenvalue weighted by Crippen LogP contribution is -2.27. The van der Waals surface area contributed by atoms with Gasteiger partial charge >= 0.3 is 0 Å². The Morgan fingerprint density at radius 3 is 2.23 bits per heavy atom. The second kappa shape index (κ2) is 7.71. The van der Waals surface area contributed by atoms with Gasteiger partial charge in [0.05, 0.1) is 5.75 Å². The number of rotatable bonds is 7. The zero-order chi connectivity index (χ0) is 18.6. The molecule has 0 radical (unpaired) electrons. The second-order valence-corrected chi connectivity index (χ2v) is 7.36. The summed E-state index contributed by atoms with van der Waals surface area (Å²) in [6.07, 6.45) is 0.205. The van der Waals surface area contributed by atoms with Gasteiger partial charge in [-0.2, -0.15) is 4.98 Å². The van der Waals surface area contributed by atoms with Crippen molar-refractivity contribution in [1.29, 1.82) is 0 Å². The van der Waals surface area contributed by atoms with Crippen LogP contribution in [0.15, 0.2) is 53.1 Å². The number of aromatic nitrogens is 2. The van der Waals surface area contributed by atoms with Gasteiger partial charge in [-0.3, -0.25) is 0 Å². The molecule has 0 fully saturated rings. The molecular weight excluding hydrogens is 364 g/mol. The van der Waals surface area contributed by atoms with Gasteiger partial charge in [0.15, 0.2) is 0 Å². The summed E-state index contributed by atoms with van der Waals surface area (Å²) in [5, 5.41) is 3.79. The summed E-state index contributed by atoms with van der Waals surface area (Å²) in [6, 6.07) is 10.9. The van der Waals surface area contributed by atoms with Crippen LogP contribution in [0.1, 0.15) is 11.5 Å². The molecular formula is C17H15F2N3O3S. The number of sulfonamides is 1. The topological polar surface area (TPSA) is 85.1 Å². The van der Waals surface area contributed by atoms with Crippen LogP contribution in [0.2, 0.25) is 0 Å². The minimum atomic E-state index is -3.57. The molecule has 0 bridgehead atoms. The third-order valence-electron chi connectivity index (χ3n) is 3.50. The van der Waals surface area contributed by atoms with Gasteiger partial charge in [0.2, 0.25) is 21.7 Å². The summed E-state index contributed by atoms with van der Waals surface area (Å²) in [5.41, 5.74) is 1.08. The molecule has 6 nitrogen and oxygen atoms in total. The van der Waals surface area contributed by atoms with E-state index in [0.717, 1.165) is 0 Å². The zero-order valence-electron chi connectivity index (χ0n) is 13.5. The highest BCUT2D eigenvalue weighted by molar-refractivity contribution is 7.88. The molecule has 0 unspecified atom stereocenters. The Morgan fingerprint density at radius 2 is 1.58 bits per heavy atom. The average Bonchev–Trinajstić information content (AvgIpc) is 3.06. The molecule has 1 aromatic heterocycles. The highest BCUT2D eigenvalue weighted by Gasteiger charge is 2.13. The predicted molar refractivity (Wildman–Crippen MR) is 90.4 cm³/mol. The monoisotopic (exact) mass is 379 g/mol. The van der Waals surface area contributed by atoms with Gasteiger partial charge in [-0.1, -0.05) is 17.3 Å². The van der Waals surface area contributed by atoms with E-state index in [0.29, 0.717) is 17.0 Å². The van der Waals surface area contributed by atoms with Gasteiger partial charge in [-0.05, 0) is 42.0 Å².